The van der Waals surface area contributed by atoms with Crippen LogP contribution in [0.2, 0.25) is 5.02 Å². The van der Waals surface area contributed by atoms with Gasteiger partial charge in [-0.15, -0.1) is 0 Å². The van der Waals surface area contributed by atoms with E-state index in [-0.39, 0.29) is 27.2 Å². The predicted octanol–water partition coefficient (Wildman–Crippen LogP) is 3.41. The van der Waals surface area contributed by atoms with E-state index in [1.807, 2.05) is 0 Å². The molecule has 0 bridgehead atoms. The van der Waals surface area contributed by atoms with Crippen LogP contribution in [-0.2, 0) is 10.0 Å². The first kappa shape index (κ1) is 22.8. The van der Waals surface area contributed by atoms with Gasteiger partial charge in [0, 0.05) is 25.0 Å². The second kappa shape index (κ2) is 8.70. The molecule has 0 saturated heterocycles. The van der Waals surface area contributed by atoms with E-state index >= 15 is 0 Å². The summed E-state index contributed by atoms with van der Waals surface area (Å²) in [6, 6.07) is 10.5. The molecule has 0 saturated carbocycles. The van der Waals surface area contributed by atoms with E-state index in [4.69, 9.17) is 11.6 Å². The number of aryl methyl sites for hydroxylation is 1. The molecule has 3 aromatic rings. The van der Waals surface area contributed by atoms with Crippen molar-refractivity contribution in [3.63, 3.8) is 0 Å². The number of amides is 1. The fourth-order valence-corrected chi connectivity index (χ4v) is 4.60. The van der Waals surface area contributed by atoms with Crippen LogP contribution in [0.3, 0.4) is 0 Å². The van der Waals surface area contributed by atoms with Gasteiger partial charge in [0.1, 0.15) is 0 Å². The summed E-state index contributed by atoms with van der Waals surface area (Å²) in [6.45, 7) is 5.26. The third kappa shape index (κ3) is 4.43. The van der Waals surface area contributed by atoms with Crippen molar-refractivity contribution < 1.29 is 13.2 Å². The Hall–Kier alpha value is -2.88. The number of imidazole rings is 1. The van der Waals surface area contributed by atoms with Crippen LogP contribution in [0.25, 0.3) is 5.69 Å². The number of para-hydroxylation sites is 2. The maximum atomic E-state index is 13.0. The molecule has 3 rings (SSSR count). The first-order chi connectivity index (χ1) is 14.5. The second-order valence-corrected chi connectivity index (χ2v) is 9.70. The third-order valence-electron chi connectivity index (χ3n) is 4.94. The largest absolute Gasteiger partial charge is 0.330 e. The number of rotatable bonds is 6. The van der Waals surface area contributed by atoms with E-state index in [1.165, 1.54) is 34.1 Å². The maximum absolute atomic E-state index is 13.0. The normalized spacial score (nSPS) is 11.8. The molecule has 0 aliphatic carbocycles. The van der Waals surface area contributed by atoms with E-state index in [9.17, 15) is 18.0 Å². The average Bonchev–Trinajstić information content (AvgIpc) is 3.05. The van der Waals surface area contributed by atoms with Crippen LogP contribution < -0.4 is 11.0 Å². The van der Waals surface area contributed by atoms with Gasteiger partial charge in [0.25, 0.3) is 5.91 Å². The number of benzene rings is 2. The molecule has 31 heavy (non-hydrogen) atoms. The molecule has 0 fully saturated rings. The summed E-state index contributed by atoms with van der Waals surface area (Å²) < 4.78 is 28.3. The van der Waals surface area contributed by atoms with Gasteiger partial charge >= 0.3 is 5.69 Å². The van der Waals surface area contributed by atoms with E-state index in [0.717, 1.165) is 0 Å². The number of nitrogens with one attached hydrogen (secondary N) is 2. The summed E-state index contributed by atoms with van der Waals surface area (Å²) in [5.41, 5.74) is 1.17. The lowest BCUT2D eigenvalue weighted by Crippen LogP contribution is -2.33. The van der Waals surface area contributed by atoms with Gasteiger partial charge in [-0.3, -0.25) is 9.36 Å². The number of hydrogen-bond acceptors (Lipinski definition) is 4. The number of anilines is 1. The highest BCUT2D eigenvalue weighted by atomic mass is 35.5. The number of nitrogens with zero attached hydrogens (tertiary/aromatic N) is 2. The quantitative estimate of drug-likeness (QED) is 0.585. The van der Waals surface area contributed by atoms with Crippen LogP contribution >= 0.6 is 11.6 Å². The minimum absolute atomic E-state index is 0.00726. The summed E-state index contributed by atoms with van der Waals surface area (Å²) in [7, 11) is -2.32. The molecular weight excluding hydrogens is 440 g/mol. The van der Waals surface area contributed by atoms with E-state index in [2.05, 4.69) is 10.3 Å². The van der Waals surface area contributed by atoms with Crippen molar-refractivity contribution in [3.05, 3.63) is 75.4 Å². The van der Waals surface area contributed by atoms with Crippen molar-refractivity contribution in [1.82, 2.24) is 13.9 Å². The van der Waals surface area contributed by atoms with Gasteiger partial charge in [0.2, 0.25) is 10.0 Å². The summed E-state index contributed by atoms with van der Waals surface area (Å²) in [5, 5.41) is 2.84. The number of H-pyrrole nitrogens is 1. The molecule has 0 atom stereocenters. The number of aromatic amines is 1. The third-order valence-corrected chi connectivity index (χ3v) is 7.30. The van der Waals surface area contributed by atoms with Crippen LogP contribution in [0.15, 0.2) is 58.4 Å². The van der Waals surface area contributed by atoms with Crippen molar-refractivity contribution in [3.8, 4) is 5.69 Å². The lowest BCUT2D eigenvalue weighted by molar-refractivity contribution is 0.102. The van der Waals surface area contributed by atoms with Crippen molar-refractivity contribution in [2.75, 3.05) is 12.4 Å². The first-order valence-electron chi connectivity index (χ1n) is 9.49. The Morgan fingerprint density at radius 3 is 2.48 bits per heavy atom. The lowest BCUT2D eigenvalue weighted by atomic mass is 10.2. The van der Waals surface area contributed by atoms with Crippen LogP contribution in [0.5, 0.6) is 0 Å². The molecule has 164 valence electrons. The summed E-state index contributed by atoms with van der Waals surface area (Å²) in [4.78, 5) is 27.8. The topological polar surface area (TPSA) is 104 Å². The Bertz CT molecular complexity index is 1290. The van der Waals surface area contributed by atoms with Crippen molar-refractivity contribution in [2.24, 2.45) is 0 Å². The van der Waals surface area contributed by atoms with Crippen molar-refractivity contribution in [1.29, 1.82) is 0 Å². The highest BCUT2D eigenvalue weighted by Crippen LogP contribution is 2.26. The molecule has 1 heterocycles. The zero-order valence-corrected chi connectivity index (χ0v) is 19.1. The smallest absolute Gasteiger partial charge is 0.320 e. The monoisotopic (exact) mass is 462 g/mol. The van der Waals surface area contributed by atoms with Crippen LogP contribution in [0.1, 0.15) is 29.9 Å². The molecule has 10 heteroatoms. The average molecular weight is 463 g/mol. The first-order valence-corrected chi connectivity index (χ1v) is 11.3. The van der Waals surface area contributed by atoms with E-state index in [0.29, 0.717) is 17.1 Å². The molecule has 2 N–H and O–H groups in total. The molecule has 0 aliphatic rings. The Morgan fingerprint density at radius 2 is 1.87 bits per heavy atom. The molecule has 1 aromatic heterocycles. The molecular formula is C21H23ClN4O4S. The summed E-state index contributed by atoms with van der Waals surface area (Å²) in [5.74, 6) is -0.595. The molecule has 0 radical (unpaired) electrons. The fourth-order valence-electron chi connectivity index (χ4n) is 3.00. The Morgan fingerprint density at radius 1 is 1.19 bits per heavy atom. The number of carbonyl (C=O) groups is 1. The van der Waals surface area contributed by atoms with Crippen LogP contribution in [0, 0.1) is 6.92 Å². The molecule has 0 aliphatic heterocycles. The molecule has 2 aromatic carbocycles. The summed E-state index contributed by atoms with van der Waals surface area (Å²) >= 11 is 6.21. The van der Waals surface area contributed by atoms with Gasteiger partial charge < -0.3 is 10.3 Å². The zero-order valence-electron chi connectivity index (χ0n) is 17.5. The van der Waals surface area contributed by atoms with Gasteiger partial charge in [0.15, 0.2) is 0 Å². The Balaban J connectivity index is 2.01. The fraction of sp³-hybridized carbons (Fsp3) is 0.238. The van der Waals surface area contributed by atoms with Crippen LogP contribution in [-0.4, -0.2) is 41.3 Å². The minimum Gasteiger partial charge on any atom is -0.320 e. The van der Waals surface area contributed by atoms with Crippen LogP contribution in [0.4, 0.5) is 5.69 Å². The van der Waals surface area contributed by atoms with E-state index in [1.54, 1.807) is 51.2 Å². The number of carbonyl (C=O) groups excluding carboxylic acids is 1. The SMILES string of the molecule is Cc1c[nH]c(=O)n1-c1ccccc1NC(=O)c1cc(S(=O)(=O)N(C)C(C)C)ccc1Cl. The van der Waals surface area contributed by atoms with E-state index < -0.39 is 15.9 Å². The van der Waals surface area contributed by atoms with Gasteiger partial charge in [0.05, 0.1) is 26.9 Å². The standard InChI is InChI=1S/C21H23ClN4O4S/c1-13(2)25(4)31(29,30)15-9-10-17(22)16(11-15)20(27)24-18-7-5-6-8-19(18)26-14(3)12-23-21(26)28/h5-13H,1-4H3,(H,23,28)(H,24,27). The Kier molecular flexibility index (Phi) is 6.40. The zero-order chi connectivity index (χ0) is 22.9. The molecule has 1 amide bonds. The summed E-state index contributed by atoms with van der Waals surface area (Å²) in [6.07, 6.45) is 1.57. The molecule has 8 nitrogen and oxygen atoms in total. The maximum Gasteiger partial charge on any atom is 0.330 e. The lowest BCUT2D eigenvalue weighted by Gasteiger charge is -2.21. The van der Waals surface area contributed by atoms with Gasteiger partial charge in [-0.25, -0.2) is 13.2 Å². The number of hydrogen-bond donors (Lipinski definition) is 2. The van der Waals surface area contributed by atoms with Gasteiger partial charge in [-0.1, -0.05) is 23.7 Å². The second-order valence-electron chi connectivity index (χ2n) is 7.30. The Labute approximate surface area is 185 Å². The predicted molar refractivity (Wildman–Crippen MR) is 121 cm³/mol. The van der Waals surface area contributed by atoms with Gasteiger partial charge in [-0.2, -0.15) is 4.31 Å². The molecule has 0 spiro atoms. The van der Waals surface area contributed by atoms with Gasteiger partial charge in [-0.05, 0) is 51.1 Å². The number of aromatic nitrogens is 2. The minimum atomic E-state index is -3.79. The molecule has 0 unspecified atom stereocenters. The van der Waals surface area contributed by atoms with Crippen molar-refractivity contribution in [2.45, 2.75) is 31.7 Å². The highest BCUT2D eigenvalue weighted by Gasteiger charge is 2.25. The number of halogens is 1. The van der Waals surface area contributed by atoms with Crippen molar-refractivity contribution >= 4 is 33.2 Å². The number of sulfonamides is 1. The highest BCUT2D eigenvalue weighted by molar-refractivity contribution is 7.89.